The van der Waals surface area contributed by atoms with Crippen molar-refractivity contribution in [1.29, 1.82) is 0 Å². The molecule has 2 unspecified atom stereocenters. The lowest BCUT2D eigenvalue weighted by Crippen LogP contribution is -2.40. The minimum Gasteiger partial charge on any atom is -0.336 e. The molecular formula is C13H24N4. The second-order valence-corrected chi connectivity index (χ2v) is 5.35. The SMILES string of the molecule is CC1CCC(C)N(Cc2cn(CCN)cn2)C1. The topological polar surface area (TPSA) is 47.1 Å². The van der Waals surface area contributed by atoms with E-state index >= 15 is 0 Å². The number of rotatable bonds is 4. The number of aromatic nitrogens is 2. The lowest BCUT2D eigenvalue weighted by atomic mass is 9.95. The summed E-state index contributed by atoms with van der Waals surface area (Å²) in [6, 6.07) is 0.686. The second-order valence-electron chi connectivity index (χ2n) is 5.35. The third-order valence-corrected chi connectivity index (χ3v) is 3.69. The maximum absolute atomic E-state index is 5.54. The summed E-state index contributed by atoms with van der Waals surface area (Å²) in [4.78, 5) is 7.00. The molecule has 0 aliphatic carbocycles. The predicted octanol–water partition coefficient (Wildman–Crippen LogP) is 1.46. The van der Waals surface area contributed by atoms with Crippen LogP contribution in [0.2, 0.25) is 0 Å². The molecule has 4 heteroatoms. The fourth-order valence-electron chi connectivity index (χ4n) is 2.57. The number of piperidine rings is 1. The molecule has 1 fully saturated rings. The molecule has 0 bridgehead atoms. The standard InChI is InChI=1S/C13H24N4/c1-11-3-4-12(2)17(7-11)9-13-8-16(6-5-14)10-15-13/h8,10-12H,3-7,9,14H2,1-2H3. The fraction of sp³-hybridized carbons (Fsp3) is 0.769. The van der Waals surface area contributed by atoms with Crippen molar-refractivity contribution in [2.75, 3.05) is 13.1 Å². The molecule has 96 valence electrons. The normalized spacial score (nSPS) is 26.3. The van der Waals surface area contributed by atoms with Crippen molar-refractivity contribution in [3.63, 3.8) is 0 Å². The van der Waals surface area contributed by atoms with E-state index in [4.69, 9.17) is 5.73 Å². The highest BCUT2D eigenvalue weighted by Gasteiger charge is 2.23. The van der Waals surface area contributed by atoms with Gasteiger partial charge in [0.05, 0.1) is 12.0 Å². The van der Waals surface area contributed by atoms with Crippen LogP contribution in [0, 0.1) is 5.92 Å². The summed E-state index contributed by atoms with van der Waals surface area (Å²) in [6.45, 7) is 8.37. The van der Waals surface area contributed by atoms with E-state index in [1.165, 1.54) is 25.1 Å². The van der Waals surface area contributed by atoms with E-state index < -0.39 is 0 Å². The van der Waals surface area contributed by atoms with Gasteiger partial charge >= 0.3 is 0 Å². The Morgan fingerprint density at radius 2 is 2.24 bits per heavy atom. The zero-order valence-electron chi connectivity index (χ0n) is 11.0. The molecule has 2 heterocycles. The van der Waals surface area contributed by atoms with Crippen LogP contribution in [0.25, 0.3) is 0 Å². The third kappa shape index (κ3) is 3.30. The van der Waals surface area contributed by atoms with Crippen LogP contribution < -0.4 is 5.73 Å². The Morgan fingerprint density at radius 1 is 1.41 bits per heavy atom. The first-order chi connectivity index (χ1) is 8.19. The maximum atomic E-state index is 5.54. The number of nitrogens with zero attached hydrogens (tertiary/aromatic N) is 3. The van der Waals surface area contributed by atoms with Crippen molar-refractivity contribution in [2.45, 2.75) is 45.8 Å². The molecule has 4 nitrogen and oxygen atoms in total. The lowest BCUT2D eigenvalue weighted by molar-refractivity contribution is 0.116. The van der Waals surface area contributed by atoms with Gasteiger partial charge in [-0.1, -0.05) is 6.92 Å². The number of hydrogen-bond donors (Lipinski definition) is 1. The zero-order chi connectivity index (χ0) is 12.3. The Bertz CT molecular complexity index is 347. The molecule has 1 aromatic rings. The fourth-order valence-corrected chi connectivity index (χ4v) is 2.57. The van der Waals surface area contributed by atoms with Crippen LogP contribution >= 0.6 is 0 Å². The van der Waals surface area contributed by atoms with Crippen LogP contribution in [0.15, 0.2) is 12.5 Å². The number of imidazole rings is 1. The minimum absolute atomic E-state index is 0.674. The van der Waals surface area contributed by atoms with E-state index in [9.17, 15) is 0 Å². The quantitative estimate of drug-likeness (QED) is 0.861. The van der Waals surface area contributed by atoms with E-state index in [2.05, 4.69) is 34.5 Å². The molecule has 2 N–H and O–H groups in total. The van der Waals surface area contributed by atoms with Gasteiger partial charge in [0.15, 0.2) is 0 Å². The smallest absolute Gasteiger partial charge is 0.0950 e. The molecular weight excluding hydrogens is 212 g/mol. The minimum atomic E-state index is 0.674. The average molecular weight is 236 g/mol. The van der Waals surface area contributed by atoms with Gasteiger partial charge in [0, 0.05) is 38.4 Å². The monoisotopic (exact) mass is 236 g/mol. The first-order valence-corrected chi connectivity index (χ1v) is 6.64. The van der Waals surface area contributed by atoms with Crippen molar-refractivity contribution >= 4 is 0 Å². The number of nitrogens with two attached hydrogens (primary N) is 1. The van der Waals surface area contributed by atoms with Crippen molar-refractivity contribution < 1.29 is 0 Å². The molecule has 0 spiro atoms. The highest BCUT2D eigenvalue weighted by molar-refractivity contribution is 4.98. The van der Waals surface area contributed by atoms with Crippen LogP contribution in [0.4, 0.5) is 0 Å². The second kappa shape index (κ2) is 5.65. The summed E-state index contributed by atoms with van der Waals surface area (Å²) in [5, 5.41) is 0. The number of hydrogen-bond acceptors (Lipinski definition) is 3. The van der Waals surface area contributed by atoms with Crippen LogP contribution in [0.1, 0.15) is 32.4 Å². The van der Waals surface area contributed by atoms with E-state index in [-0.39, 0.29) is 0 Å². The van der Waals surface area contributed by atoms with Crippen molar-refractivity contribution in [3.05, 3.63) is 18.2 Å². The van der Waals surface area contributed by atoms with Crippen LogP contribution in [0.5, 0.6) is 0 Å². The molecule has 2 atom stereocenters. The predicted molar refractivity (Wildman–Crippen MR) is 69.6 cm³/mol. The average Bonchev–Trinajstić information content (AvgIpc) is 2.72. The Hall–Kier alpha value is -0.870. The third-order valence-electron chi connectivity index (χ3n) is 3.69. The molecule has 1 aliphatic heterocycles. The summed E-state index contributed by atoms with van der Waals surface area (Å²) in [7, 11) is 0. The van der Waals surface area contributed by atoms with Crippen LogP contribution in [-0.2, 0) is 13.1 Å². The van der Waals surface area contributed by atoms with E-state index in [0.717, 1.165) is 19.0 Å². The Kier molecular flexibility index (Phi) is 4.18. The molecule has 1 aliphatic rings. The zero-order valence-corrected chi connectivity index (χ0v) is 11.0. The molecule has 0 amide bonds. The Labute approximate surface area is 104 Å². The first kappa shape index (κ1) is 12.6. The largest absolute Gasteiger partial charge is 0.336 e. The number of likely N-dealkylation sites (tertiary alicyclic amines) is 1. The first-order valence-electron chi connectivity index (χ1n) is 6.64. The van der Waals surface area contributed by atoms with Gasteiger partial charge < -0.3 is 10.3 Å². The van der Waals surface area contributed by atoms with Crippen molar-refractivity contribution in [2.24, 2.45) is 11.7 Å². The Morgan fingerprint density at radius 3 is 3.00 bits per heavy atom. The molecule has 2 rings (SSSR count). The van der Waals surface area contributed by atoms with Crippen molar-refractivity contribution in [3.8, 4) is 0 Å². The van der Waals surface area contributed by atoms with Crippen LogP contribution in [-0.4, -0.2) is 33.6 Å². The van der Waals surface area contributed by atoms with Gasteiger partial charge in [-0.25, -0.2) is 4.98 Å². The summed E-state index contributed by atoms with van der Waals surface area (Å²) < 4.78 is 2.08. The molecule has 1 aromatic heterocycles. The maximum Gasteiger partial charge on any atom is 0.0950 e. The summed E-state index contributed by atoms with van der Waals surface area (Å²) in [5.41, 5.74) is 6.70. The molecule has 0 aromatic carbocycles. The van der Waals surface area contributed by atoms with E-state index in [0.29, 0.717) is 12.6 Å². The van der Waals surface area contributed by atoms with E-state index in [1.807, 2.05) is 6.33 Å². The van der Waals surface area contributed by atoms with Crippen molar-refractivity contribution in [1.82, 2.24) is 14.5 Å². The van der Waals surface area contributed by atoms with Gasteiger partial charge in [0.1, 0.15) is 0 Å². The van der Waals surface area contributed by atoms with Crippen LogP contribution in [0.3, 0.4) is 0 Å². The van der Waals surface area contributed by atoms with Gasteiger partial charge in [-0.2, -0.15) is 0 Å². The molecule has 0 radical (unpaired) electrons. The van der Waals surface area contributed by atoms with Gasteiger partial charge in [-0.15, -0.1) is 0 Å². The highest BCUT2D eigenvalue weighted by atomic mass is 15.2. The molecule has 17 heavy (non-hydrogen) atoms. The van der Waals surface area contributed by atoms with Gasteiger partial charge in [0.2, 0.25) is 0 Å². The van der Waals surface area contributed by atoms with E-state index in [1.54, 1.807) is 0 Å². The molecule has 1 saturated heterocycles. The summed E-state index contributed by atoms with van der Waals surface area (Å²) in [6.07, 6.45) is 6.68. The van der Waals surface area contributed by atoms with Gasteiger partial charge in [0.25, 0.3) is 0 Å². The van der Waals surface area contributed by atoms with Gasteiger partial charge in [-0.3, -0.25) is 4.90 Å². The lowest BCUT2D eigenvalue weighted by Gasteiger charge is -2.36. The Balaban J connectivity index is 1.94. The summed E-state index contributed by atoms with van der Waals surface area (Å²) in [5.74, 6) is 0.817. The highest BCUT2D eigenvalue weighted by Crippen LogP contribution is 2.22. The van der Waals surface area contributed by atoms with Gasteiger partial charge in [-0.05, 0) is 25.7 Å². The summed E-state index contributed by atoms with van der Waals surface area (Å²) >= 11 is 0. The molecule has 0 saturated carbocycles.